The van der Waals surface area contributed by atoms with Crippen molar-refractivity contribution in [3.8, 4) is 5.75 Å². The fraction of sp³-hybridized carbons (Fsp3) is 0.348. The van der Waals surface area contributed by atoms with Crippen LogP contribution >= 0.6 is 23.1 Å². The summed E-state index contributed by atoms with van der Waals surface area (Å²) < 4.78 is 11.9. The Balaban J connectivity index is 1.54. The van der Waals surface area contributed by atoms with E-state index in [0.717, 1.165) is 36.9 Å². The van der Waals surface area contributed by atoms with Gasteiger partial charge in [-0.25, -0.2) is 9.97 Å². The van der Waals surface area contributed by atoms with Crippen molar-refractivity contribution in [3.05, 3.63) is 52.8 Å². The van der Waals surface area contributed by atoms with E-state index in [9.17, 15) is 4.79 Å². The number of carbonyl (C=O) groups excluding carboxylic acids is 1. The monoisotopic (exact) mass is 470 g/mol. The number of aryl methyl sites for hydroxylation is 3. The maximum Gasteiger partial charge on any atom is 0.257 e. The lowest BCUT2D eigenvalue weighted by molar-refractivity contribution is 0.0300. The van der Waals surface area contributed by atoms with Gasteiger partial charge in [0.05, 0.1) is 36.3 Å². The molecule has 0 unspecified atom stereocenters. The van der Waals surface area contributed by atoms with Crippen LogP contribution in [0.2, 0.25) is 0 Å². The van der Waals surface area contributed by atoms with Crippen LogP contribution in [0.5, 0.6) is 5.75 Å². The highest BCUT2D eigenvalue weighted by Gasteiger charge is 2.23. The van der Waals surface area contributed by atoms with Crippen molar-refractivity contribution in [2.24, 2.45) is 0 Å². The van der Waals surface area contributed by atoms with Gasteiger partial charge in [0.25, 0.3) is 5.91 Å². The molecule has 9 heteroatoms. The minimum absolute atomic E-state index is 0.0282. The Bertz CT molecular complexity index is 1110. The van der Waals surface area contributed by atoms with Gasteiger partial charge in [-0.05, 0) is 56.2 Å². The third-order valence-corrected chi connectivity index (χ3v) is 7.23. The smallest absolute Gasteiger partial charge is 0.257 e. The van der Waals surface area contributed by atoms with Crippen LogP contribution in [-0.4, -0.2) is 54.2 Å². The molecule has 0 aliphatic carbocycles. The van der Waals surface area contributed by atoms with Gasteiger partial charge in [0, 0.05) is 23.7 Å². The molecule has 3 heterocycles. The van der Waals surface area contributed by atoms with Gasteiger partial charge in [-0.15, -0.1) is 0 Å². The fourth-order valence-electron chi connectivity index (χ4n) is 3.53. The number of hydrogen-bond acceptors (Lipinski definition) is 8. The molecule has 1 aromatic carbocycles. The summed E-state index contributed by atoms with van der Waals surface area (Å²) in [7, 11) is 1.60. The summed E-state index contributed by atoms with van der Waals surface area (Å²) in [5.41, 5.74) is 3.73. The van der Waals surface area contributed by atoms with Crippen LogP contribution in [0.1, 0.15) is 27.2 Å². The van der Waals surface area contributed by atoms with Crippen molar-refractivity contribution in [3.63, 3.8) is 0 Å². The van der Waals surface area contributed by atoms with Gasteiger partial charge in [-0.1, -0.05) is 23.1 Å². The SMILES string of the molecule is COc1cc(C)c(Sc2cnc(Nc3cc(C)cc(C)n3)s2)cc1C(=O)N1CCOCC1. The van der Waals surface area contributed by atoms with Gasteiger partial charge in [0.15, 0.2) is 5.13 Å². The molecule has 168 valence electrons. The third-order valence-electron chi connectivity index (χ3n) is 5.05. The summed E-state index contributed by atoms with van der Waals surface area (Å²) in [6.07, 6.45) is 1.84. The average molecular weight is 471 g/mol. The highest BCUT2D eigenvalue weighted by molar-refractivity contribution is 8.01. The molecule has 1 aliphatic rings. The van der Waals surface area contributed by atoms with Crippen LogP contribution in [0.3, 0.4) is 0 Å². The number of nitrogens with one attached hydrogen (secondary N) is 1. The van der Waals surface area contributed by atoms with E-state index in [1.807, 2.05) is 56.1 Å². The Morgan fingerprint density at radius 3 is 2.69 bits per heavy atom. The molecule has 0 spiro atoms. The summed E-state index contributed by atoms with van der Waals surface area (Å²) >= 11 is 3.15. The number of nitrogens with zero attached hydrogens (tertiary/aromatic N) is 3. The van der Waals surface area contributed by atoms with Crippen molar-refractivity contribution in [2.75, 3.05) is 38.7 Å². The minimum atomic E-state index is -0.0282. The molecular formula is C23H26N4O3S2. The van der Waals surface area contributed by atoms with E-state index in [-0.39, 0.29) is 5.91 Å². The van der Waals surface area contributed by atoms with E-state index in [4.69, 9.17) is 9.47 Å². The van der Waals surface area contributed by atoms with E-state index < -0.39 is 0 Å². The first-order chi connectivity index (χ1) is 15.4. The molecule has 0 bridgehead atoms. The normalized spacial score (nSPS) is 13.8. The number of anilines is 2. The third kappa shape index (κ3) is 5.23. The van der Waals surface area contributed by atoms with Gasteiger partial charge >= 0.3 is 0 Å². The molecule has 1 fully saturated rings. The predicted molar refractivity (Wildman–Crippen MR) is 128 cm³/mol. The van der Waals surface area contributed by atoms with Gasteiger partial charge in [-0.2, -0.15) is 0 Å². The van der Waals surface area contributed by atoms with Crippen LogP contribution in [0.15, 0.2) is 39.6 Å². The van der Waals surface area contributed by atoms with Crippen LogP contribution in [-0.2, 0) is 4.74 Å². The first kappa shape index (κ1) is 22.6. The maximum atomic E-state index is 13.1. The number of methoxy groups -OCH3 is 1. The molecule has 0 radical (unpaired) electrons. The molecule has 1 aliphatic heterocycles. The van der Waals surface area contributed by atoms with Crippen molar-refractivity contribution < 1.29 is 14.3 Å². The van der Waals surface area contributed by atoms with Crippen LogP contribution in [0, 0.1) is 20.8 Å². The zero-order valence-corrected chi connectivity index (χ0v) is 20.2. The Hall–Kier alpha value is -2.62. The second kappa shape index (κ2) is 9.89. The van der Waals surface area contributed by atoms with Gasteiger partial charge in [-0.3, -0.25) is 4.79 Å². The molecule has 32 heavy (non-hydrogen) atoms. The summed E-state index contributed by atoms with van der Waals surface area (Å²) in [6.45, 7) is 8.35. The summed E-state index contributed by atoms with van der Waals surface area (Å²) in [4.78, 5) is 24.9. The van der Waals surface area contributed by atoms with E-state index in [0.29, 0.717) is 37.6 Å². The minimum Gasteiger partial charge on any atom is -0.496 e. The molecule has 7 nitrogen and oxygen atoms in total. The molecule has 0 saturated carbocycles. The number of carbonyl (C=O) groups is 1. The van der Waals surface area contributed by atoms with Gasteiger partial charge in [0.1, 0.15) is 11.6 Å². The van der Waals surface area contributed by atoms with Crippen LogP contribution in [0.25, 0.3) is 0 Å². The van der Waals surface area contributed by atoms with Crippen LogP contribution < -0.4 is 10.1 Å². The number of amides is 1. The lowest BCUT2D eigenvalue weighted by atomic mass is 10.1. The first-order valence-electron chi connectivity index (χ1n) is 10.3. The molecule has 4 rings (SSSR count). The van der Waals surface area contributed by atoms with Crippen molar-refractivity contribution in [1.29, 1.82) is 0 Å². The second-order valence-electron chi connectivity index (χ2n) is 7.61. The van der Waals surface area contributed by atoms with Crippen molar-refractivity contribution in [2.45, 2.75) is 29.9 Å². The summed E-state index contributed by atoms with van der Waals surface area (Å²) in [5, 5.41) is 4.07. The zero-order chi connectivity index (χ0) is 22.7. The molecule has 1 N–H and O–H groups in total. The van der Waals surface area contributed by atoms with Crippen LogP contribution in [0.4, 0.5) is 10.9 Å². The number of benzene rings is 1. The van der Waals surface area contributed by atoms with Gasteiger partial charge < -0.3 is 19.7 Å². The number of rotatable bonds is 6. The molecule has 1 saturated heterocycles. The summed E-state index contributed by atoms with van der Waals surface area (Å²) in [6, 6.07) is 7.89. The number of hydrogen-bond donors (Lipinski definition) is 1. The maximum absolute atomic E-state index is 13.1. The van der Waals surface area contributed by atoms with E-state index in [1.54, 1.807) is 30.2 Å². The number of morpholine rings is 1. The first-order valence-corrected chi connectivity index (χ1v) is 12.0. The number of thiazole rings is 1. The van der Waals surface area contributed by atoms with Crippen molar-refractivity contribution in [1.82, 2.24) is 14.9 Å². The van der Waals surface area contributed by atoms with E-state index in [1.165, 1.54) is 0 Å². The van der Waals surface area contributed by atoms with E-state index >= 15 is 0 Å². The Morgan fingerprint density at radius 2 is 1.97 bits per heavy atom. The number of pyridine rings is 1. The number of ether oxygens (including phenoxy) is 2. The molecular weight excluding hydrogens is 444 g/mol. The molecule has 3 aromatic rings. The standard InChI is InChI=1S/C23H26N4O3S2/c1-14-9-16(3)25-20(10-14)26-23-24-13-21(32-23)31-19-12-17(18(29-4)11-15(19)2)22(28)27-5-7-30-8-6-27/h9-13H,5-8H2,1-4H3,(H,24,25,26). The average Bonchev–Trinajstić information content (AvgIpc) is 3.21. The Kier molecular flexibility index (Phi) is 6.98. The Labute approximate surface area is 196 Å². The highest BCUT2D eigenvalue weighted by atomic mass is 32.2. The largest absolute Gasteiger partial charge is 0.496 e. The topological polar surface area (TPSA) is 76.6 Å². The summed E-state index contributed by atoms with van der Waals surface area (Å²) in [5.74, 6) is 1.35. The quantitative estimate of drug-likeness (QED) is 0.552. The van der Waals surface area contributed by atoms with Crippen molar-refractivity contribution >= 4 is 40.0 Å². The fourth-order valence-corrected chi connectivity index (χ4v) is 5.48. The molecule has 2 aromatic heterocycles. The lowest BCUT2D eigenvalue weighted by Gasteiger charge is -2.27. The predicted octanol–water partition coefficient (Wildman–Crippen LogP) is 4.84. The highest BCUT2D eigenvalue weighted by Crippen LogP contribution is 2.39. The lowest BCUT2D eigenvalue weighted by Crippen LogP contribution is -2.40. The second-order valence-corrected chi connectivity index (χ2v) is 9.98. The molecule has 1 amide bonds. The molecule has 0 atom stereocenters. The Morgan fingerprint density at radius 1 is 1.19 bits per heavy atom. The van der Waals surface area contributed by atoms with E-state index in [2.05, 4.69) is 15.3 Å². The van der Waals surface area contributed by atoms with Gasteiger partial charge in [0.2, 0.25) is 0 Å². The number of aromatic nitrogens is 2. The zero-order valence-electron chi connectivity index (χ0n) is 18.6.